The summed E-state index contributed by atoms with van der Waals surface area (Å²) in [6.45, 7) is 2.74. The van der Waals surface area contributed by atoms with Gasteiger partial charge in [0.25, 0.3) is 0 Å². The highest BCUT2D eigenvalue weighted by Crippen LogP contribution is 2.30. The topological polar surface area (TPSA) is 23.6 Å². The predicted octanol–water partition coefficient (Wildman–Crippen LogP) is 4.30. The summed E-state index contributed by atoms with van der Waals surface area (Å²) >= 11 is 0. The van der Waals surface area contributed by atoms with E-state index in [4.69, 9.17) is 0 Å². The maximum atomic E-state index is 13.1. The molecule has 148 valence electrons. The summed E-state index contributed by atoms with van der Waals surface area (Å²) in [5.41, 5.74) is 3.35. The Bertz CT molecular complexity index is 889. The van der Waals surface area contributed by atoms with Crippen LogP contribution in [-0.4, -0.2) is 41.9 Å². The van der Waals surface area contributed by atoms with Gasteiger partial charge in [0.1, 0.15) is 5.82 Å². The summed E-state index contributed by atoms with van der Waals surface area (Å²) in [7, 11) is 0. The highest BCUT2D eigenvalue weighted by molar-refractivity contribution is 5.80. The molecule has 1 fully saturated rings. The van der Waals surface area contributed by atoms with Gasteiger partial charge < -0.3 is 4.90 Å². The maximum absolute atomic E-state index is 13.1. The van der Waals surface area contributed by atoms with Crippen LogP contribution in [0.5, 0.6) is 0 Å². The molecule has 0 aliphatic carbocycles. The van der Waals surface area contributed by atoms with Gasteiger partial charge in [-0.3, -0.25) is 9.69 Å². The van der Waals surface area contributed by atoms with E-state index in [1.807, 2.05) is 53.4 Å². The van der Waals surface area contributed by atoms with E-state index in [9.17, 15) is 9.18 Å². The molecule has 0 bridgehead atoms. The molecule has 1 heterocycles. The van der Waals surface area contributed by atoms with E-state index < -0.39 is 0 Å². The number of piperazine rings is 1. The van der Waals surface area contributed by atoms with E-state index in [1.165, 1.54) is 12.1 Å². The van der Waals surface area contributed by atoms with Gasteiger partial charge in [-0.1, -0.05) is 72.8 Å². The van der Waals surface area contributed by atoms with Crippen LogP contribution in [0.25, 0.3) is 0 Å². The summed E-state index contributed by atoms with van der Waals surface area (Å²) in [5, 5.41) is 0. The number of nitrogens with zero attached hydrogens (tertiary/aromatic N) is 2. The van der Waals surface area contributed by atoms with Crippen molar-refractivity contribution in [3.05, 3.63) is 107 Å². The standard InChI is InChI=1S/C25H25FN2O/c26-23-13-11-20(12-14-23)15-16-27-17-18-28(24(29)19-27)25(21-7-3-1-4-8-21)22-9-5-2-6-10-22/h1-14,25H,15-19H2. The zero-order valence-electron chi connectivity index (χ0n) is 16.4. The van der Waals surface area contributed by atoms with Gasteiger partial charge in [0.15, 0.2) is 0 Å². The lowest BCUT2D eigenvalue weighted by Gasteiger charge is -2.39. The second-order valence-corrected chi connectivity index (χ2v) is 7.46. The van der Waals surface area contributed by atoms with Crippen molar-refractivity contribution in [2.45, 2.75) is 12.5 Å². The fraction of sp³-hybridized carbons (Fsp3) is 0.240. The first-order valence-electron chi connectivity index (χ1n) is 10.1. The number of hydrogen-bond donors (Lipinski definition) is 0. The third kappa shape index (κ3) is 4.72. The Balaban J connectivity index is 1.46. The van der Waals surface area contributed by atoms with Gasteiger partial charge in [0.05, 0.1) is 12.6 Å². The minimum absolute atomic E-state index is 0.0656. The Morgan fingerprint density at radius 2 is 1.38 bits per heavy atom. The molecule has 4 rings (SSSR count). The number of carbonyl (C=O) groups excluding carboxylic acids is 1. The van der Waals surface area contributed by atoms with Crippen LogP contribution in [0, 0.1) is 5.82 Å². The van der Waals surface area contributed by atoms with Gasteiger partial charge in [-0.15, -0.1) is 0 Å². The van der Waals surface area contributed by atoms with Gasteiger partial charge in [-0.25, -0.2) is 4.39 Å². The predicted molar refractivity (Wildman–Crippen MR) is 113 cm³/mol. The lowest BCUT2D eigenvalue weighted by molar-refractivity contribution is -0.137. The van der Waals surface area contributed by atoms with Crippen molar-refractivity contribution >= 4 is 5.91 Å². The molecule has 0 aromatic heterocycles. The van der Waals surface area contributed by atoms with Crippen molar-refractivity contribution in [3.8, 4) is 0 Å². The molecule has 1 amide bonds. The molecule has 3 nitrogen and oxygen atoms in total. The monoisotopic (exact) mass is 388 g/mol. The largest absolute Gasteiger partial charge is 0.329 e. The van der Waals surface area contributed by atoms with E-state index in [2.05, 4.69) is 29.2 Å². The van der Waals surface area contributed by atoms with E-state index in [0.717, 1.165) is 36.2 Å². The van der Waals surface area contributed by atoms with Crippen molar-refractivity contribution in [2.75, 3.05) is 26.2 Å². The van der Waals surface area contributed by atoms with Crippen LogP contribution in [-0.2, 0) is 11.2 Å². The lowest BCUT2D eigenvalue weighted by atomic mass is 9.96. The van der Waals surface area contributed by atoms with Crippen LogP contribution in [0.2, 0.25) is 0 Å². The molecule has 0 spiro atoms. The van der Waals surface area contributed by atoms with Gasteiger partial charge in [0, 0.05) is 19.6 Å². The van der Waals surface area contributed by atoms with Gasteiger partial charge >= 0.3 is 0 Å². The number of amides is 1. The Kier molecular flexibility index (Phi) is 6.01. The summed E-state index contributed by atoms with van der Waals surface area (Å²) in [6, 6.07) is 27.0. The van der Waals surface area contributed by atoms with Gasteiger partial charge in [0.2, 0.25) is 5.91 Å². The minimum atomic E-state index is -0.217. The molecule has 4 heteroatoms. The average Bonchev–Trinajstić information content (AvgIpc) is 2.76. The smallest absolute Gasteiger partial charge is 0.237 e. The number of halogens is 1. The normalized spacial score (nSPS) is 15.1. The SMILES string of the molecule is O=C1CN(CCc2ccc(F)cc2)CCN1C(c1ccccc1)c1ccccc1. The number of rotatable bonds is 6. The van der Waals surface area contributed by atoms with Crippen LogP contribution in [0.15, 0.2) is 84.9 Å². The Morgan fingerprint density at radius 3 is 1.93 bits per heavy atom. The summed E-state index contributed by atoms with van der Waals surface area (Å²) < 4.78 is 13.1. The molecule has 1 aliphatic rings. The van der Waals surface area contributed by atoms with Crippen LogP contribution in [0.1, 0.15) is 22.7 Å². The fourth-order valence-corrected chi connectivity index (χ4v) is 3.96. The lowest BCUT2D eigenvalue weighted by Crippen LogP contribution is -2.52. The zero-order valence-corrected chi connectivity index (χ0v) is 16.4. The van der Waals surface area contributed by atoms with Gasteiger partial charge in [-0.2, -0.15) is 0 Å². The van der Waals surface area contributed by atoms with Crippen LogP contribution >= 0.6 is 0 Å². The molecule has 29 heavy (non-hydrogen) atoms. The molecule has 1 aliphatic heterocycles. The molecular formula is C25H25FN2O. The van der Waals surface area contributed by atoms with E-state index in [0.29, 0.717) is 13.1 Å². The van der Waals surface area contributed by atoms with Crippen molar-refractivity contribution in [1.82, 2.24) is 9.80 Å². The van der Waals surface area contributed by atoms with Crippen LogP contribution in [0.4, 0.5) is 4.39 Å². The second kappa shape index (κ2) is 9.01. The fourth-order valence-electron chi connectivity index (χ4n) is 3.96. The number of hydrogen-bond acceptors (Lipinski definition) is 2. The van der Waals surface area contributed by atoms with E-state index >= 15 is 0 Å². The van der Waals surface area contributed by atoms with Crippen LogP contribution < -0.4 is 0 Å². The zero-order chi connectivity index (χ0) is 20.1. The highest BCUT2D eigenvalue weighted by Gasteiger charge is 2.31. The molecular weight excluding hydrogens is 363 g/mol. The molecule has 0 atom stereocenters. The summed E-state index contributed by atoms with van der Waals surface area (Å²) in [4.78, 5) is 17.3. The highest BCUT2D eigenvalue weighted by atomic mass is 19.1. The Morgan fingerprint density at radius 1 is 0.793 bits per heavy atom. The molecule has 0 N–H and O–H groups in total. The molecule has 0 radical (unpaired) electrons. The summed E-state index contributed by atoms with van der Waals surface area (Å²) in [6.07, 6.45) is 0.814. The first kappa shape index (κ1) is 19.3. The quantitative estimate of drug-likeness (QED) is 0.629. The molecule has 0 unspecified atom stereocenters. The third-order valence-electron chi connectivity index (χ3n) is 5.51. The van der Waals surface area contributed by atoms with E-state index in [1.54, 1.807) is 0 Å². The average molecular weight is 388 g/mol. The first-order valence-corrected chi connectivity index (χ1v) is 10.1. The van der Waals surface area contributed by atoms with Crippen molar-refractivity contribution in [1.29, 1.82) is 0 Å². The van der Waals surface area contributed by atoms with Crippen molar-refractivity contribution in [3.63, 3.8) is 0 Å². The molecule has 3 aromatic rings. The minimum Gasteiger partial charge on any atom is -0.329 e. The maximum Gasteiger partial charge on any atom is 0.237 e. The molecule has 0 saturated carbocycles. The van der Waals surface area contributed by atoms with Crippen molar-refractivity contribution < 1.29 is 9.18 Å². The first-order chi connectivity index (χ1) is 14.2. The van der Waals surface area contributed by atoms with Crippen molar-refractivity contribution in [2.24, 2.45) is 0 Å². The van der Waals surface area contributed by atoms with Gasteiger partial charge in [-0.05, 0) is 35.2 Å². The number of benzene rings is 3. The molecule has 1 saturated heterocycles. The number of carbonyl (C=O) groups is 1. The van der Waals surface area contributed by atoms with E-state index in [-0.39, 0.29) is 17.8 Å². The molecule has 3 aromatic carbocycles. The Labute approximate surface area is 171 Å². The summed E-state index contributed by atoms with van der Waals surface area (Å²) in [5.74, 6) is -0.0709. The second-order valence-electron chi connectivity index (χ2n) is 7.46. The third-order valence-corrected chi connectivity index (χ3v) is 5.51. The Hall–Kier alpha value is -2.98. The van der Waals surface area contributed by atoms with Crippen LogP contribution in [0.3, 0.4) is 0 Å².